The maximum absolute atomic E-state index is 10.9. The van der Waals surface area contributed by atoms with Crippen LogP contribution in [0.15, 0.2) is 30.5 Å². The van der Waals surface area contributed by atoms with E-state index < -0.39 is 5.97 Å². The number of carbonyl (C=O) groups is 1. The maximum Gasteiger partial charge on any atom is 0.333 e. The quantitative estimate of drug-likeness (QED) is 0.473. The molecular formula is C11H10Cl2O3. The Morgan fingerprint density at radius 1 is 1.44 bits per heavy atom. The summed E-state index contributed by atoms with van der Waals surface area (Å²) in [6.45, 7) is 2.05. The smallest absolute Gasteiger partial charge is 0.333 e. The fraction of sp³-hybridized carbons (Fsp3) is 0.182. The molecule has 0 atom stereocenters. The van der Waals surface area contributed by atoms with Gasteiger partial charge in [0.15, 0.2) is 0 Å². The molecule has 0 amide bonds. The SMILES string of the molecule is CCOC(=O)C=COc1ccc(Cl)cc1Cl. The van der Waals surface area contributed by atoms with E-state index in [1.54, 1.807) is 25.1 Å². The van der Waals surface area contributed by atoms with Gasteiger partial charge in [-0.05, 0) is 25.1 Å². The monoisotopic (exact) mass is 260 g/mol. The lowest BCUT2D eigenvalue weighted by molar-refractivity contribution is -0.137. The summed E-state index contributed by atoms with van der Waals surface area (Å²) in [5, 5.41) is 0.896. The van der Waals surface area contributed by atoms with Gasteiger partial charge < -0.3 is 9.47 Å². The van der Waals surface area contributed by atoms with Crippen molar-refractivity contribution in [1.82, 2.24) is 0 Å². The van der Waals surface area contributed by atoms with E-state index in [4.69, 9.17) is 27.9 Å². The Labute approximate surface area is 104 Å². The predicted octanol–water partition coefficient (Wildman–Crippen LogP) is 3.45. The Kier molecular flexibility index (Phi) is 5.15. The second-order valence-corrected chi connectivity index (χ2v) is 3.59. The minimum absolute atomic E-state index is 0.324. The summed E-state index contributed by atoms with van der Waals surface area (Å²) in [6, 6.07) is 4.80. The standard InChI is InChI=1S/C11H10Cl2O3/c1-2-15-11(14)5-6-16-10-4-3-8(12)7-9(10)13/h3-7H,2H2,1H3. The summed E-state index contributed by atoms with van der Waals surface area (Å²) < 4.78 is 9.81. The molecule has 0 aliphatic rings. The van der Waals surface area contributed by atoms with Gasteiger partial charge in [0.2, 0.25) is 0 Å². The third kappa shape index (κ3) is 4.13. The Balaban J connectivity index is 2.57. The zero-order valence-corrected chi connectivity index (χ0v) is 10.1. The molecule has 16 heavy (non-hydrogen) atoms. The van der Waals surface area contributed by atoms with Crippen LogP contribution in [0.3, 0.4) is 0 Å². The van der Waals surface area contributed by atoms with E-state index in [0.717, 1.165) is 0 Å². The van der Waals surface area contributed by atoms with Crippen LogP contribution in [0.1, 0.15) is 6.92 Å². The lowest BCUT2D eigenvalue weighted by Gasteiger charge is -2.02. The van der Waals surface area contributed by atoms with E-state index in [9.17, 15) is 4.79 Å². The molecule has 1 rings (SSSR count). The van der Waals surface area contributed by atoms with Crippen LogP contribution in [-0.4, -0.2) is 12.6 Å². The lowest BCUT2D eigenvalue weighted by Crippen LogP contribution is -1.99. The fourth-order valence-corrected chi connectivity index (χ4v) is 1.38. The first-order valence-corrected chi connectivity index (χ1v) is 5.34. The van der Waals surface area contributed by atoms with Crippen molar-refractivity contribution in [2.24, 2.45) is 0 Å². The molecule has 0 saturated heterocycles. The highest BCUT2D eigenvalue weighted by atomic mass is 35.5. The molecule has 5 heteroatoms. The third-order valence-corrected chi connectivity index (χ3v) is 2.11. The van der Waals surface area contributed by atoms with Gasteiger partial charge in [-0.3, -0.25) is 0 Å². The first-order chi connectivity index (χ1) is 7.63. The summed E-state index contributed by atoms with van der Waals surface area (Å²) in [5.74, 6) is -0.0424. The Morgan fingerprint density at radius 3 is 2.81 bits per heavy atom. The van der Waals surface area contributed by atoms with E-state index in [-0.39, 0.29) is 0 Å². The largest absolute Gasteiger partial charge is 0.463 e. The van der Waals surface area contributed by atoms with Crippen molar-refractivity contribution in [2.75, 3.05) is 6.61 Å². The fourth-order valence-electron chi connectivity index (χ4n) is 0.924. The van der Waals surface area contributed by atoms with Gasteiger partial charge in [-0.25, -0.2) is 4.79 Å². The van der Waals surface area contributed by atoms with Crippen LogP contribution in [0.5, 0.6) is 5.75 Å². The van der Waals surface area contributed by atoms with Crippen molar-refractivity contribution in [3.05, 3.63) is 40.6 Å². The topological polar surface area (TPSA) is 35.5 Å². The van der Waals surface area contributed by atoms with Gasteiger partial charge in [-0.1, -0.05) is 23.2 Å². The summed E-state index contributed by atoms with van der Waals surface area (Å²) in [7, 11) is 0. The van der Waals surface area contributed by atoms with Gasteiger partial charge >= 0.3 is 5.97 Å². The normalized spacial score (nSPS) is 10.4. The minimum atomic E-state index is -0.465. The number of hydrogen-bond acceptors (Lipinski definition) is 3. The van der Waals surface area contributed by atoms with Crippen molar-refractivity contribution in [1.29, 1.82) is 0 Å². The molecule has 0 aliphatic heterocycles. The van der Waals surface area contributed by atoms with Crippen molar-refractivity contribution in [2.45, 2.75) is 6.92 Å². The van der Waals surface area contributed by atoms with Crippen molar-refractivity contribution >= 4 is 29.2 Å². The second kappa shape index (κ2) is 6.40. The van der Waals surface area contributed by atoms with Crippen LogP contribution in [0.25, 0.3) is 0 Å². The molecule has 0 aromatic heterocycles. The van der Waals surface area contributed by atoms with Crippen molar-refractivity contribution in [3.8, 4) is 5.75 Å². The maximum atomic E-state index is 10.9. The highest BCUT2D eigenvalue weighted by molar-refractivity contribution is 6.35. The highest BCUT2D eigenvalue weighted by Crippen LogP contribution is 2.27. The van der Waals surface area contributed by atoms with Gasteiger partial charge in [0, 0.05) is 5.02 Å². The van der Waals surface area contributed by atoms with Crippen molar-refractivity contribution in [3.63, 3.8) is 0 Å². The van der Waals surface area contributed by atoms with E-state index in [0.29, 0.717) is 22.4 Å². The van der Waals surface area contributed by atoms with E-state index in [2.05, 4.69) is 4.74 Å². The zero-order chi connectivity index (χ0) is 12.0. The molecule has 1 aromatic carbocycles. The van der Waals surface area contributed by atoms with Gasteiger partial charge in [-0.15, -0.1) is 0 Å². The van der Waals surface area contributed by atoms with Gasteiger partial charge in [0.05, 0.1) is 24.0 Å². The first kappa shape index (κ1) is 12.9. The van der Waals surface area contributed by atoms with Crippen LogP contribution in [-0.2, 0) is 9.53 Å². The van der Waals surface area contributed by atoms with Crippen LogP contribution in [0, 0.1) is 0 Å². The van der Waals surface area contributed by atoms with Crippen LogP contribution in [0.2, 0.25) is 10.0 Å². The minimum Gasteiger partial charge on any atom is -0.463 e. The first-order valence-electron chi connectivity index (χ1n) is 4.58. The van der Waals surface area contributed by atoms with Gasteiger partial charge in [0.25, 0.3) is 0 Å². The Morgan fingerprint density at radius 2 is 2.19 bits per heavy atom. The predicted molar refractivity (Wildman–Crippen MR) is 62.9 cm³/mol. The second-order valence-electron chi connectivity index (χ2n) is 2.75. The van der Waals surface area contributed by atoms with Crippen LogP contribution >= 0.6 is 23.2 Å². The molecule has 86 valence electrons. The molecular weight excluding hydrogens is 251 g/mol. The summed E-state index contributed by atoms with van der Waals surface area (Å²) in [5.41, 5.74) is 0. The summed E-state index contributed by atoms with van der Waals surface area (Å²) >= 11 is 11.6. The number of ether oxygens (including phenoxy) is 2. The molecule has 0 unspecified atom stereocenters. The van der Waals surface area contributed by atoms with E-state index in [1.165, 1.54) is 12.3 Å². The van der Waals surface area contributed by atoms with Gasteiger partial charge in [0.1, 0.15) is 5.75 Å². The molecule has 0 N–H and O–H groups in total. The van der Waals surface area contributed by atoms with Crippen LogP contribution < -0.4 is 4.74 Å². The van der Waals surface area contributed by atoms with Crippen LogP contribution in [0.4, 0.5) is 0 Å². The molecule has 0 fully saturated rings. The molecule has 0 spiro atoms. The molecule has 0 radical (unpaired) electrons. The number of hydrogen-bond donors (Lipinski definition) is 0. The number of halogens is 2. The molecule has 1 aromatic rings. The molecule has 0 saturated carbocycles. The lowest BCUT2D eigenvalue weighted by atomic mass is 10.3. The Bertz CT molecular complexity index is 402. The molecule has 0 aliphatic carbocycles. The molecule has 0 heterocycles. The summed E-state index contributed by atoms with van der Waals surface area (Å²) in [6.07, 6.45) is 2.39. The number of benzene rings is 1. The van der Waals surface area contributed by atoms with E-state index in [1.807, 2.05) is 0 Å². The third-order valence-electron chi connectivity index (χ3n) is 1.58. The number of esters is 1. The van der Waals surface area contributed by atoms with E-state index >= 15 is 0 Å². The van der Waals surface area contributed by atoms with Gasteiger partial charge in [-0.2, -0.15) is 0 Å². The average Bonchev–Trinajstić information content (AvgIpc) is 2.22. The summed E-state index contributed by atoms with van der Waals surface area (Å²) in [4.78, 5) is 10.9. The highest BCUT2D eigenvalue weighted by Gasteiger charge is 2.01. The zero-order valence-electron chi connectivity index (χ0n) is 8.57. The molecule has 0 bridgehead atoms. The number of rotatable bonds is 4. The molecule has 3 nitrogen and oxygen atoms in total. The van der Waals surface area contributed by atoms with Crippen molar-refractivity contribution < 1.29 is 14.3 Å². The Hall–Kier alpha value is -1.19. The number of carbonyl (C=O) groups excluding carboxylic acids is 1. The average molecular weight is 261 g/mol.